The van der Waals surface area contributed by atoms with E-state index in [0.29, 0.717) is 5.69 Å². The van der Waals surface area contributed by atoms with E-state index < -0.39 is 5.97 Å². The first-order chi connectivity index (χ1) is 6.09. The van der Waals surface area contributed by atoms with Gasteiger partial charge in [0.25, 0.3) is 0 Å². The fraction of sp³-hybridized carbons (Fsp3) is 0.111. The molecule has 2 N–H and O–H groups in total. The van der Waals surface area contributed by atoms with Crippen LogP contribution in [0.3, 0.4) is 0 Å². The summed E-state index contributed by atoms with van der Waals surface area (Å²) in [5, 5.41) is 11.1. The maximum atomic E-state index is 10.6. The molecule has 0 aliphatic carbocycles. The second-order valence-electron chi connectivity index (χ2n) is 2.56. The Morgan fingerprint density at radius 1 is 1.21 bits per heavy atom. The van der Waals surface area contributed by atoms with Gasteiger partial charge in [0.05, 0.1) is 5.56 Å². The zero-order valence-corrected chi connectivity index (χ0v) is 8.30. The van der Waals surface area contributed by atoms with Gasteiger partial charge >= 0.3 is 5.97 Å². The summed E-state index contributed by atoms with van der Waals surface area (Å²) in [4.78, 5) is 21.1. The molecule has 0 aliphatic heterocycles. The predicted octanol–water partition coefficient (Wildman–Crippen LogP) is 1.76. The van der Waals surface area contributed by atoms with Gasteiger partial charge in [-0.3, -0.25) is 4.79 Å². The molecule has 0 aliphatic rings. The van der Waals surface area contributed by atoms with E-state index in [1.165, 1.54) is 19.1 Å². The summed E-state index contributed by atoms with van der Waals surface area (Å²) < 4.78 is 0. The molecule has 0 saturated carbocycles. The summed E-state index contributed by atoms with van der Waals surface area (Å²) in [7, 11) is 0. The molecule has 0 radical (unpaired) electrons. The van der Waals surface area contributed by atoms with Crippen LogP contribution in [0.5, 0.6) is 0 Å². The number of rotatable bonds is 2. The van der Waals surface area contributed by atoms with Crippen molar-refractivity contribution >= 4 is 30.0 Å². The molecule has 0 aromatic heterocycles. The molecule has 0 bridgehead atoms. The number of nitrogens with one attached hydrogen (secondary N) is 1. The van der Waals surface area contributed by atoms with Crippen LogP contribution in [0.2, 0.25) is 0 Å². The molecule has 1 rings (SSSR count). The quantitative estimate of drug-likeness (QED) is 0.790. The van der Waals surface area contributed by atoms with Crippen LogP contribution in [-0.4, -0.2) is 17.0 Å². The van der Waals surface area contributed by atoms with Crippen molar-refractivity contribution in [3.63, 3.8) is 0 Å². The largest absolute Gasteiger partial charge is 0.478 e. The molecule has 5 heteroatoms. The minimum absolute atomic E-state index is 0. The Bertz CT molecular complexity index is 334. The molecular weight excluding hydrogens is 206 g/mol. The summed E-state index contributed by atoms with van der Waals surface area (Å²) in [6, 6.07) is 5.97. The zero-order chi connectivity index (χ0) is 9.84. The van der Waals surface area contributed by atoms with Crippen molar-refractivity contribution in [3.05, 3.63) is 29.8 Å². The Morgan fingerprint density at radius 3 is 2.07 bits per heavy atom. The Balaban J connectivity index is 0.00000169. The molecule has 1 amide bonds. The lowest BCUT2D eigenvalue weighted by molar-refractivity contribution is -0.114. The number of carboxylic acid groups (broad SMARTS) is 1. The summed E-state index contributed by atoms with van der Waals surface area (Å²) in [5.41, 5.74) is 0.798. The van der Waals surface area contributed by atoms with Crippen LogP contribution in [0.15, 0.2) is 24.3 Å². The van der Waals surface area contributed by atoms with Crippen LogP contribution < -0.4 is 5.32 Å². The molecule has 0 atom stereocenters. The van der Waals surface area contributed by atoms with E-state index in [4.69, 9.17) is 5.11 Å². The molecule has 0 saturated heterocycles. The first kappa shape index (κ1) is 12.4. The number of aromatic carboxylic acids is 1. The van der Waals surface area contributed by atoms with E-state index in [-0.39, 0.29) is 23.9 Å². The van der Waals surface area contributed by atoms with E-state index in [9.17, 15) is 9.59 Å². The molecule has 0 heterocycles. The minimum atomic E-state index is -0.977. The predicted molar refractivity (Wildman–Crippen MR) is 55.0 cm³/mol. The maximum Gasteiger partial charge on any atom is 0.335 e. The number of halogens is 1. The summed E-state index contributed by atoms with van der Waals surface area (Å²) in [6.45, 7) is 1.39. The van der Waals surface area contributed by atoms with E-state index in [0.717, 1.165) is 0 Å². The van der Waals surface area contributed by atoms with Crippen molar-refractivity contribution < 1.29 is 14.7 Å². The standard InChI is InChI=1S/C9H9NO3.ClH/c1-6(11)10-8-4-2-7(3-5-8)9(12)13;/h2-5H,1H3,(H,10,11)(H,12,13);1H. The number of benzene rings is 1. The van der Waals surface area contributed by atoms with Gasteiger partial charge in [-0.25, -0.2) is 4.79 Å². The second kappa shape index (κ2) is 5.24. The lowest BCUT2D eigenvalue weighted by Gasteiger charge is -2.01. The Kier molecular flexibility index (Phi) is 4.66. The van der Waals surface area contributed by atoms with Crippen LogP contribution in [0, 0.1) is 0 Å². The van der Waals surface area contributed by atoms with Gasteiger partial charge in [-0.1, -0.05) is 0 Å². The van der Waals surface area contributed by atoms with Gasteiger partial charge < -0.3 is 10.4 Å². The fourth-order valence-electron chi connectivity index (χ4n) is 0.899. The van der Waals surface area contributed by atoms with E-state index in [1.54, 1.807) is 12.1 Å². The lowest BCUT2D eigenvalue weighted by Crippen LogP contribution is -2.05. The molecule has 0 spiro atoms. The van der Waals surface area contributed by atoms with Gasteiger partial charge in [-0.05, 0) is 24.3 Å². The third-order valence-corrected chi connectivity index (χ3v) is 1.45. The minimum Gasteiger partial charge on any atom is -0.478 e. The van der Waals surface area contributed by atoms with Gasteiger partial charge in [0.2, 0.25) is 5.91 Å². The van der Waals surface area contributed by atoms with Crippen molar-refractivity contribution in [3.8, 4) is 0 Å². The highest BCUT2D eigenvalue weighted by molar-refractivity contribution is 5.91. The Hall–Kier alpha value is -1.55. The number of hydrogen-bond donors (Lipinski definition) is 2. The van der Waals surface area contributed by atoms with Crippen molar-refractivity contribution in [2.24, 2.45) is 0 Å². The van der Waals surface area contributed by atoms with Crippen LogP contribution >= 0.6 is 12.4 Å². The Labute approximate surface area is 87.3 Å². The average Bonchev–Trinajstić information content (AvgIpc) is 2.04. The number of carboxylic acids is 1. The number of amides is 1. The highest BCUT2D eigenvalue weighted by atomic mass is 35.5. The van der Waals surface area contributed by atoms with Gasteiger partial charge in [0.15, 0.2) is 0 Å². The third-order valence-electron chi connectivity index (χ3n) is 1.45. The molecule has 14 heavy (non-hydrogen) atoms. The second-order valence-corrected chi connectivity index (χ2v) is 2.56. The fourth-order valence-corrected chi connectivity index (χ4v) is 0.899. The van der Waals surface area contributed by atoms with E-state index in [2.05, 4.69) is 5.32 Å². The van der Waals surface area contributed by atoms with Gasteiger partial charge in [0.1, 0.15) is 0 Å². The molecule has 76 valence electrons. The Morgan fingerprint density at radius 2 is 1.71 bits per heavy atom. The van der Waals surface area contributed by atoms with E-state index in [1.807, 2.05) is 0 Å². The molecule has 0 fully saturated rings. The molecular formula is C9H10ClNO3. The van der Waals surface area contributed by atoms with Gasteiger partial charge in [-0.2, -0.15) is 0 Å². The van der Waals surface area contributed by atoms with Gasteiger partial charge in [-0.15, -0.1) is 12.4 Å². The average molecular weight is 216 g/mol. The number of carbonyl (C=O) groups excluding carboxylic acids is 1. The monoisotopic (exact) mass is 215 g/mol. The number of carbonyl (C=O) groups is 2. The normalized spacial score (nSPS) is 8.64. The lowest BCUT2D eigenvalue weighted by atomic mass is 10.2. The molecule has 1 aromatic rings. The summed E-state index contributed by atoms with van der Waals surface area (Å²) >= 11 is 0. The maximum absolute atomic E-state index is 10.6. The van der Waals surface area contributed by atoms with E-state index >= 15 is 0 Å². The van der Waals surface area contributed by atoms with Crippen molar-refractivity contribution in [2.75, 3.05) is 5.32 Å². The summed E-state index contributed by atoms with van der Waals surface area (Å²) in [5.74, 6) is -1.16. The molecule has 4 nitrogen and oxygen atoms in total. The van der Waals surface area contributed by atoms with Crippen LogP contribution in [0.25, 0.3) is 0 Å². The number of anilines is 1. The van der Waals surface area contributed by atoms with Crippen molar-refractivity contribution in [1.82, 2.24) is 0 Å². The van der Waals surface area contributed by atoms with Crippen molar-refractivity contribution in [2.45, 2.75) is 6.92 Å². The first-order valence-corrected chi connectivity index (χ1v) is 3.70. The van der Waals surface area contributed by atoms with Crippen molar-refractivity contribution in [1.29, 1.82) is 0 Å². The highest BCUT2D eigenvalue weighted by Crippen LogP contribution is 2.08. The molecule has 1 aromatic carbocycles. The summed E-state index contributed by atoms with van der Waals surface area (Å²) in [6.07, 6.45) is 0. The topological polar surface area (TPSA) is 66.4 Å². The zero-order valence-electron chi connectivity index (χ0n) is 7.48. The molecule has 0 unspecified atom stereocenters. The highest BCUT2D eigenvalue weighted by Gasteiger charge is 2.01. The number of hydrogen-bond acceptors (Lipinski definition) is 2. The van der Waals surface area contributed by atoms with Crippen LogP contribution in [0.4, 0.5) is 5.69 Å². The van der Waals surface area contributed by atoms with Crippen LogP contribution in [0.1, 0.15) is 17.3 Å². The van der Waals surface area contributed by atoms with Gasteiger partial charge in [0, 0.05) is 12.6 Å². The first-order valence-electron chi connectivity index (χ1n) is 3.70. The van der Waals surface area contributed by atoms with Crippen LogP contribution in [-0.2, 0) is 4.79 Å². The smallest absolute Gasteiger partial charge is 0.335 e. The SMILES string of the molecule is CC(=O)Nc1ccc(C(=O)O)cc1.Cl. The third kappa shape index (κ3) is 3.45.